The van der Waals surface area contributed by atoms with Crippen LogP contribution in [0.3, 0.4) is 0 Å². The number of imidazole rings is 1. The Hall–Kier alpha value is -0.830. The summed E-state index contributed by atoms with van der Waals surface area (Å²) in [6, 6.07) is 0. The molecule has 18 heavy (non-hydrogen) atoms. The lowest BCUT2D eigenvalue weighted by atomic mass is 9.88. The summed E-state index contributed by atoms with van der Waals surface area (Å²) >= 11 is 0. The molecule has 3 unspecified atom stereocenters. The zero-order valence-corrected chi connectivity index (χ0v) is 11.6. The normalized spacial score (nSPS) is 30.5. The lowest BCUT2D eigenvalue weighted by molar-refractivity contribution is 0.407. The SMILES string of the molecule is CC(C)CNCc1cnc(C2CC3CCC2C3)[nH]1. The van der Waals surface area contributed by atoms with Gasteiger partial charge >= 0.3 is 0 Å². The van der Waals surface area contributed by atoms with Gasteiger partial charge in [0, 0.05) is 24.4 Å². The molecule has 0 saturated heterocycles. The maximum absolute atomic E-state index is 4.62. The largest absolute Gasteiger partial charge is 0.345 e. The summed E-state index contributed by atoms with van der Waals surface area (Å²) in [5, 5.41) is 3.47. The lowest BCUT2D eigenvalue weighted by Crippen LogP contribution is -2.19. The zero-order valence-electron chi connectivity index (χ0n) is 11.6. The molecule has 1 heterocycles. The monoisotopic (exact) mass is 247 g/mol. The van der Waals surface area contributed by atoms with E-state index in [4.69, 9.17) is 0 Å². The number of rotatable bonds is 5. The molecule has 2 aliphatic carbocycles. The van der Waals surface area contributed by atoms with Gasteiger partial charge in [0.05, 0.1) is 0 Å². The first kappa shape index (κ1) is 12.2. The third kappa shape index (κ3) is 2.46. The van der Waals surface area contributed by atoms with Gasteiger partial charge in [-0.15, -0.1) is 0 Å². The van der Waals surface area contributed by atoms with Gasteiger partial charge in [-0.1, -0.05) is 20.3 Å². The van der Waals surface area contributed by atoms with Crippen molar-refractivity contribution >= 4 is 0 Å². The van der Waals surface area contributed by atoms with E-state index in [1.807, 2.05) is 6.20 Å². The molecule has 100 valence electrons. The van der Waals surface area contributed by atoms with Crippen LogP contribution in [0, 0.1) is 17.8 Å². The van der Waals surface area contributed by atoms with Gasteiger partial charge < -0.3 is 10.3 Å². The Kier molecular flexibility index (Phi) is 3.42. The molecule has 3 rings (SSSR count). The topological polar surface area (TPSA) is 40.7 Å². The van der Waals surface area contributed by atoms with E-state index in [2.05, 4.69) is 29.1 Å². The number of hydrogen-bond acceptors (Lipinski definition) is 2. The lowest BCUT2D eigenvalue weighted by Gasteiger charge is -2.19. The van der Waals surface area contributed by atoms with Crippen LogP contribution in [0.1, 0.15) is 57.0 Å². The van der Waals surface area contributed by atoms with Crippen LogP contribution in [-0.2, 0) is 6.54 Å². The Morgan fingerprint density at radius 2 is 2.28 bits per heavy atom. The molecule has 2 aliphatic rings. The van der Waals surface area contributed by atoms with Gasteiger partial charge in [-0.05, 0) is 43.6 Å². The molecular weight excluding hydrogens is 222 g/mol. The fraction of sp³-hybridized carbons (Fsp3) is 0.800. The van der Waals surface area contributed by atoms with E-state index in [-0.39, 0.29) is 0 Å². The Bertz CT molecular complexity index is 396. The van der Waals surface area contributed by atoms with Crippen molar-refractivity contribution in [2.24, 2.45) is 17.8 Å². The third-order valence-electron chi connectivity index (χ3n) is 4.61. The van der Waals surface area contributed by atoms with Crippen molar-refractivity contribution in [3.05, 3.63) is 17.7 Å². The van der Waals surface area contributed by atoms with Crippen LogP contribution in [0.2, 0.25) is 0 Å². The van der Waals surface area contributed by atoms with Crippen LogP contribution in [0.4, 0.5) is 0 Å². The standard InChI is InChI=1S/C15H25N3/c1-10(2)7-16-8-13-9-17-15(18-13)14-6-11-3-4-12(14)5-11/h9-12,14,16H,3-8H2,1-2H3,(H,17,18). The number of H-pyrrole nitrogens is 1. The van der Waals surface area contributed by atoms with Crippen LogP contribution in [-0.4, -0.2) is 16.5 Å². The van der Waals surface area contributed by atoms with Crippen molar-refractivity contribution in [1.29, 1.82) is 0 Å². The quantitative estimate of drug-likeness (QED) is 0.839. The molecule has 0 aromatic carbocycles. The molecular formula is C15H25N3. The maximum atomic E-state index is 4.62. The number of fused-ring (bicyclic) bond motifs is 2. The van der Waals surface area contributed by atoms with Gasteiger partial charge in [0.2, 0.25) is 0 Å². The minimum atomic E-state index is 0.706. The second-order valence-corrected chi connectivity index (χ2v) is 6.60. The number of hydrogen-bond donors (Lipinski definition) is 2. The molecule has 0 spiro atoms. The van der Waals surface area contributed by atoms with Crippen LogP contribution in [0.15, 0.2) is 6.20 Å². The van der Waals surface area contributed by atoms with Gasteiger partial charge in [0.1, 0.15) is 5.82 Å². The molecule has 2 N–H and O–H groups in total. The highest BCUT2D eigenvalue weighted by molar-refractivity contribution is 5.11. The second kappa shape index (κ2) is 5.04. The van der Waals surface area contributed by atoms with Crippen molar-refractivity contribution in [2.75, 3.05) is 6.54 Å². The molecule has 2 bridgehead atoms. The van der Waals surface area contributed by atoms with Gasteiger partial charge in [-0.25, -0.2) is 4.98 Å². The summed E-state index contributed by atoms with van der Waals surface area (Å²) in [7, 11) is 0. The minimum Gasteiger partial charge on any atom is -0.345 e. The average Bonchev–Trinajstić information content (AvgIpc) is 3.03. The maximum Gasteiger partial charge on any atom is 0.109 e. The van der Waals surface area contributed by atoms with E-state index >= 15 is 0 Å². The van der Waals surface area contributed by atoms with Crippen molar-refractivity contribution in [1.82, 2.24) is 15.3 Å². The Balaban J connectivity index is 1.56. The second-order valence-electron chi connectivity index (χ2n) is 6.60. The third-order valence-corrected chi connectivity index (χ3v) is 4.61. The number of nitrogens with zero attached hydrogens (tertiary/aromatic N) is 1. The van der Waals surface area contributed by atoms with Crippen molar-refractivity contribution in [3.8, 4) is 0 Å². The number of aromatic amines is 1. The van der Waals surface area contributed by atoms with Gasteiger partial charge in [0.15, 0.2) is 0 Å². The number of aromatic nitrogens is 2. The summed E-state index contributed by atoms with van der Waals surface area (Å²) in [6.07, 6.45) is 7.74. The molecule has 3 atom stereocenters. The predicted octanol–water partition coefficient (Wildman–Crippen LogP) is 3.06. The molecule has 1 aromatic heterocycles. The summed E-state index contributed by atoms with van der Waals surface area (Å²) in [4.78, 5) is 8.16. The molecule has 2 fully saturated rings. The van der Waals surface area contributed by atoms with Gasteiger partial charge in [-0.3, -0.25) is 0 Å². The smallest absolute Gasteiger partial charge is 0.109 e. The van der Waals surface area contributed by atoms with E-state index in [1.165, 1.54) is 37.2 Å². The van der Waals surface area contributed by atoms with Gasteiger partial charge in [-0.2, -0.15) is 0 Å². The highest BCUT2D eigenvalue weighted by Crippen LogP contribution is 2.52. The summed E-state index contributed by atoms with van der Waals surface area (Å²) < 4.78 is 0. The summed E-state index contributed by atoms with van der Waals surface area (Å²) in [5.41, 5.74) is 1.24. The highest BCUT2D eigenvalue weighted by atomic mass is 15.0. The Morgan fingerprint density at radius 1 is 1.39 bits per heavy atom. The molecule has 0 aliphatic heterocycles. The van der Waals surface area contributed by atoms with Crippen LogP contribution >= 0.6 is 0 Å². The van der Waals surface area contributed by atoms with Gasteiger partial charge in [0.25, 0.3) is 0 Å². The minimum absolute atomic E-state index is 0.706. The van der Waals surface area contributed by atoms with E-state index in [1.54, 1.807) is 0 Å². The van der Waals surface area contributed by atoms with Crippen molar-refractivity contribution in [2.45, 2.75) is 52.0 Å². The Labute approximate surface area is 110 Å². The van der Waals surface area contributed by atoms with Crippen molar-refractivity contribution in [3.63, 3.8) is 0 Å². The molecule has 3 nitrogen and oxygen atoms in total. The van der Waals surface area contributed by atoms with E-state index < -0.39 is 0 Å². The first-order valence-electron chi connectivity index (χ1n) is 7.47. The highest BCUT2D eigenvalue weighted by Gasteiger charge is 2.41. The van der Waals surface area contributed by atoms with Crippen LogP contribution in [0.5, 0.6) is 0 Å². The molecule has 0 radical (unpaired) electrons. The fourth-order valence-electron chi connectivity index (χ4n) is 3.73. The molecule has 0 amide bonds. The van der Waals surface area contributed by atoms with Crippen molar-refractivity contribution < 1.29 is 0 Å². The number of nitrogens with one attached hydrogen (secondary N) is 2. The fourth-order valence-corrected chi connectivity index (χ4v) is 3.73. The molecule has 2 saturated carbocycles. The average molecular weight is 247 g/mol. The molecule has 1 aromatic rings. The van der Waals surface area contributed by atoms with E-state index in [0.717, 1.165) is 30.8 Å². The molecule has 3 heteroatoms. The Morgan fingerprint density at radius 3 is 2.94 bits per heavy atom. The first-order chi connectivity index (χ1) is 8.72. The zero-order chi connectivity index (χ0) is 12.5. The summed E-state index contributed by atoms with van der Waals surface area (Å²) in [5.74, 6) is 4.59. The first-order valence-corrected chi connectivity index (χ1v) is 7.47. The summed E-state index contributed by atoms with van der Waals surface area (Å²) in [6.45, 7) is 6.47. The van der Waals surface area contributed by atoms with Crippen LogP contribution in [0.25, 0.3) is 0 Å². The predicted molar refractivity (Wildman–Crippen MR) is 73.3 cm³/mol. The van der Waals surface area contributed by atoms with Crippen LogP contribution < -0.4 is 5.32 Å². The van der Waals surface area contributed by atoms with E-state index in [0.29, 0.717) is 5.92 Å². The van der Waals surface area contributed by atoms with E-state index in [9.17, 15) is 0 Å².